The summed E-state index contributed by atoms with van der Waals surface area (Å²) < 4.78 is 3.99. The number of hydrogen-bond acceptors (Lipinski definition) is 1. The summed E-state index contributed by atoms with van der Waals surface area (Å²) in [5, 5.41) is 2.70. The third-order valence-electron chi connectivity index (χ3n) is 4.78. The van der Waals surface area contributed by atoms with Gasteiger partial charge >= 0.3 is 0 Å². The van der Waals surface area contributed by atoms with E-state index in [2.05, 4.69) is 114 Å². The fourth-order valence-electron chi connectivity index (χ4n) is 3.46. The lowest BCUT2D eigenvalue weighted by Crippen LogP contribution is -1.81. The van der Waals surface area contributed by atoms with Crippen molar-refractivity contribution in [3.63, 3.8) is 0 Å². The molecule has 1 heterocycles. The first-order valence-corrected chi connectivity index (χ1v) is 10.5. The maximum absolute atomic E-state index is 2.34. The van der Waals surface area contributed by atoms with Gasteiger partial charge in [0.15, 0.2) is 0 Å². The Morgan fingerprint density at radius 3 is 1.92 bits per heavy atom. The minimum Gasteiger partial charge on any atom is -0.135 e. The highest BCUT2D eigenvalue weighted by Gasteiger charge is 2.10. The smallest absolute Gasteiger partial charge is 0.0433 e. The number of hydrogen-bond donors (Lipinski definition) is 0. The van der Waals surface area contributed by atoms with Gasteiger partial charge in [0.05, 0.1) is 0 Å². The molecular formula is C24H15IS. The molecule has 0 aliphatic carbocycles. The highest BCUT2D eigenvalue weighted by Crippen LogP contribution is 2.40. The lowest BCUT2D eigenvalue weighted by Gasteiger charge is -2.06. The Labute approximate surface area is 170 Å². The topological polar surface area (TPSA) is 0 Å². The molecule has 0 aliphatic heterocycles. The fourth-order valence-corrected chi connectivity index (χ4v) is 5.06. The lowest BCUT2D eigenvalue weighted by atomic mass is 9.99. The van der Waals surface area contributed by atoms with Crippen LogP contribution < -0.4 is 0 Å². The second-order valence-corrected chi connectivity index (χ2v) is 8.66. The van der Waals surface area contributed by atoms with E-state index >= 15 is 0 Å². The van der Waals surface area contributed by atoms with E-state index in [9.17, 15) is 0 Å². The third kappa shape index (κ3) is 2.74. The van der Waals surface area contributed by atoms with Crippen LogP contribution in [0.15, 0.2) is 91.0 Å². The van der Waals surface area contributed by atoms with Crippen LogP contribution in [0.4, 0.5) is 0 Å². The molecule has 0 saturated carbocycles. The number of fused-ring (bicyclic) bond motifs is 3. The Hall–Kier alpha value is -2.17. The van der Waals surface area contributed by atoms with E-state index in [1.165, 1.54) is 46.0 Å². The zero-order valence-electron chi connectivity index (χ0n) is 13.9. The Morgan fingerprint density at radius 2 is 1.15 bits per heavy atom. The summed E-state index contributed by atoms with van der Waals surface area (Å²) >= 11 is 4.23. The molecule has 1 aromatic heterocycles. The predicted octanol–water partition coefficient (Wildman–Crippen LogP) is 7.99. The second kappa shape index (κ2) is 6.53. The van der Waals surface area contributed by atoms with Crippen molar-refractivity contribution in [2.45, 2.75) is 0 Å². The van der Waals surface area contributed by atoms with Crippen LogP contribution in [0, 0.1) is 3.57 Å². The van der Waals surface area contributed by atoms with Gasteiger partial charge in [0, 0.05) is 23.7 Å². The van der Waals surface area contributed by atoms with Gasteiger partial charge in [-0.3, -0.25) is 0 Å². The van der Waals surface area contributed by atoms with Crippen molar-refractivity contribution in [1.82, 2.24) is 0 Å². The highest BCUT2D eigenvalue weighted by molar-refractivity contribution is 14.1. The van der Waals surface area contributed by atoms with Crippen LogP contribution in [0.25, 0.3) is 42.4 Å². The van der Waals surface area contributed by atoms with Crippen LogP contribution >= 0.6 is 33.9 Å². The first-order chi connectivity index (χ1) is 12.8. The summed E-state index contributed by atoms with van der Waals surface area (Å²) in [5.41, 5.74) is 5.11. The predicted molar refractivity (Wildman–Crippen MR) is 123 cm³/mol. The minimum atomic E-state index is 1.26. The van der Waals surface area contributed by atoms with Gasteiger partial charge in [-0.25, -0.2) is 0 Å². The second-order valence-electron chi connectivity index (χ2n) is 6.36. The first-order valence-electron chi connectivity index (χ1n) is 8.56. The number of halogens is 1. The SMILES string of the molecule is Ic1ccc(-c2ccc(-c3cccc4c3sc3ccccc34)cc2)cc1. The molecule has 26 heavy (non-hydrogen) atoms. The van der Waals surface area contributed by atoms with Gasteiger partial charge in [-0.2, -0.15) is 0 Å². The molecule has 5 rings (SSSR count). The van der Waals surface area contributed by atoms with Crippen molar-refractivity contribution >= 4 is 54.1 Å². The maximum atomic E-state index is 2.34. The van der Waals surface area contributed by atoms with Crippen LogP contribution in [-0.4, -0.2) is 0 Å². The molecule has 0 radical (unpaired) electrons. The molecule has 0 amide bonds. The third-order valence-corrected chi connectivity index (χ3v) is 6.72. The van der Waals surface area contributed by atoms with E-state index in [1.807, 2.05) is 11.3 Å². The van der Waals surface area contributed by atoms with E-state index in [0.29, 0.717) is 0 Å². The molecule has 4 aromatic carbocycles. The monoisotopic (exact) mass is 462 g/mol. The van der Waals surface area contributed by atoms with Crippen molar-refractivity contribution in [3.05, 3.63) is 94.6 Å². The summed E-state index contributed by atoms with van der Waals surface area (Å²) in [5.74, 6) is 0. The first kappa shape index (κ1) is 16.0. The molecule has 0 aliphatic rings. The van der Waals surface area contributed by atoms with E-state index in [-0.39, 0.29) is 0 Å². The van der Waals surface area contributed by atoms with E-state index in [4.69, 9.17) is 0 Å². The summed E-state index contributed by atoms with van der Waals surface area (Å²) in [4.78, 5) is 0. The van der Waals surface area contributed by atoms with Crippen LogP contribution in [0.2, 0.25) is 0 Å². The summed E-state index contributed by atoms with van der Waals surface area (Å²) in [7, 11) is 0. The molecule has 0 saturated heterocycles. The number of rotatable bonds is 2. The molecule has 0 atom stereocenters. The molecule has 2 heteroatoms. The summed E-state index contributed by atoms with van der Waals surface area (Å²) in [6.45, 7) is 0. The van der Waals surface area contributed by atoms with Gasteiger partial charge in [-0.1, -0.05) is 72.8 Å². The Balaban J connectivity index is 1.62. The number of benzene rings is 4. The molecular weight excluding hydrogens is 447 g/mol. The van der Waals surface area contributed by atoms with Crippen LogP contribution in [0.3, 0.4) is 0 Å². The van der Waals surface area contributed by atoms with Gasteiger partial charge in [0.25, 0.3) is 0 Å². The zero-order chi connectivity index (χ0) is 17.5. The lowest BCUT2D eigenvalue weighted by molar-refractivity contribution is 1.59. The minimum absolute atomic E-state index is 1.26. The molecule has 0 fully saturated rings. The van der Waals surface area contributed by atoms with Crippen molar-refractivity contribution in [3.8, 4) is 22.3 Å². The average Bonchev–Trinajstić information content (AvgIpc) is 3.08. The fraction of sp³-hybridized carbons (Fsp3) is 0. The van der Waals surface area contributed by atoms with E-state index < -0.39 is 0 Å². The van der Waals surface area contributed by atoms with Crippen LogP contribution in [0.1, 0.15) is 0 Å². The van der Waals surface area contributed by atoms with Gasteiger partial charge in [-0.05, 0) is 63.0 Å². The van der Waals surface area contributed by atoms with Gasteiger partial charge < -0.3 is 0 Å². The summed E-state index contributed by atoms with van der Waals surface area (Å²) in [6, 6.07) is 32.9. The molecule has 124 valence electrons. The van der Waals surface area contributed by atoms with Crippen LogP contribution in [-0.2, 0) is 0 Å². The van der Waals surface area contributed by atoms with Gasteiger partial charge in [0.1, 0.15) is 0 Å². The molecule has 0 nitrogen and oxygen atoms in total. The standard InChI is InChI=1S/C24H15IS/c25-19-14-12-17(13-15-19)16-8-10-18(11-9-16)20-5-3-6-22-21-4-1-2-7-23(21)26-24(20)22/h1-15H. The summed E-state index contributed by atoms with van der Waals surface area (Å²) in [6.07, 6.45) is 0. The average molecular weight is 462 g/mol. The highest BCUT2D eigenvalue weighted by atomic mass is 127. The van der Waals surface area contributed by atoms with Crippen molar-refractivity contribution in [1.29, 1.82) is 0 Å². The largest absolute Gasteiger partial charge is 0.135 e. The molecule has 0 spiro atoms. The Kier molecular flexibility index (Phi) is 4.03. The quantitative estimate of drug-likeness (QED) is 0.233. The number of thiophene rings is 1. The Bertz CT molecular complexity index is 1220. The zero-order valence-corrected chi connectivity index (χ0v) is 16.9. The van der Waals surface area contributed by atoms with Crippen LogP contribution in [0.5, 0.6) is 0 Å². The van der Waals surface area contributed by atoms with Gasteiger partial charge in [0.2, 0.25) is 0 Å². The molecule has 0 unspecified atom stereocenters. The molecule has 5 aromatic rings. The molecule has 0 bridgehead atoms. The Morgan fingerprint density at radius 1 is 0.538 bits per heavy atom. The van der Waals surface area contributed by atoms with Crippen molar-refractivity contribution in [2.75, 3.05) is 0 Å². The normalized spacial score (nSPS) is 11.3. The maximum Gasteiger partial charge on any atom is 0.0433 e. The van der Waals surface area contributed by atoms with Gasteiger partial charge in [-0.15, -0.1) is 11.3 Å². The van der Waals surface area contributed by atoms with Crippen molar-refractivity contribution < 1.29 is 0 Å². The van der Waals surface area contributed by atoms with E-state index in [0.717, 1.165) is 0 Å². The van der Waals surface area contributed by atoms with Crippen molar-refractivity contribution in [2.24, 2.45) is 0 Å². The molecule has 0 N–H and O–H groups in total. The van der Waals surface area contributed by atoms with E-state index in [1.54, 1.807) is 0 Å².